The van der Waals surface area contributed by atoms with Crippen LogP contribution in [0.25, 0.3) is 5.69 Å². The molecule has 0 aliphatic rings. The lowest BCUT2D eigenvalue weighted by Crippen LogP contribution is -2.08. The van der Waals surface area contributed by atoms with Gasteiger partial charge in [0.2, 0.25) is 5.16 Å². The van der Waals surface area contributed by atoms with Crippen molar-refractivity contribution in [2.45, 2.75) is 24.6 Å². The number of aromatic nitrogens is 4. The molecule has 18 heavy (non-hydrogen) atoms. The smallest absolute Gasteiger partial charge is 0.214 e. The van der Waals surface area contributed by atoms with E-state index in [9.17, 15) is 9.50 Å². The van der Waals surface area contributed by atoms with Gasteiger partial charge >= 0.3 is 0 Å². The molecule has 0 aliphatic carbocycles. The summed E-state index contributed by atoms with van der Waals surface area (Å²) in [4.78, 5) is 0. The van der Waals surface area contributed by atoms with Crippen LogP contribution in [-0.2, 0) is 0 Å². The molecule has 1 aromatic heterocycles. The summed E-state index contributed by atoms with van der Waals surface area (Å²) in [7, 11) is 0. The van der Waals surface area contributed by atoms with E-state index < -0.39 is 6.10 Å². The maximum Gasteiger partial charge on any atom is 0.214 e. The minimum Gasteiger partial charge on any atom is -0.392 e. The molecule has 0 bridgehead atoms. The van der Waals surface area contributed by atoms with Gasteiger partial charge in [0.1, 0.15) is 5.82 Å². The van der Waals surface area contributed by atoms with Crippen molar-refractivity contribution < 1.29 is 9.50 Å². The third-order valence-electron chi connectivity index (χ3n) is 2.37. The van der Waals surface area contributed by atoms with Crippen LogP contribution < -0.4 is 0 Å². The molecule has 96 valence electrons. The summed E-state index contributed by atoms with van der Waals surface area (Å²) in [5.74, 6) is 0.166. The quantitative estimate of drug-likeness (QED) is 0.836. The van der Waals surface area contributed by atoms with Gasteiger partial charge in [-0.15, -0.1) is 5.10 Å². The second kappa shape index (κ2) is 5.92. The molecule has 0 fully saturated rings. The minimum atomic E-state index is -0.396. The Morgan fingerprint density at radius 2 is 2.33 bits per heavy atom. The van der Waals surface area contributed by atoms with Crippen LogP contribution in [0.5, 0.6) is 0 Å². The third-order valence-corrected chi connectivity index (χ3v) is 3.43. The third kappa shape index (κ3) is 3.05. The first-order valence-electron chi connectivity index (χ1n) is 5.56. The highest BCUT2D eigenvalue weighted by atomic mass is 32.2. The van der Waals surface area contributed by atoms with Crippen LogP contribution in [0.2, 0.25) is 0 Å². The number of tetrazole rings is 1. The number of benzene rings is 1. The summed E-state index contributed by atoms with van der Waals surface area (Å²) in [5, 5.41) is 21.3. The SMILES string of the molecule is CC[C@@H](O)CSc1nnnn1-c1cccc(F)c1. The highest BCUT2D eigenvalue weighted by Crippen LogP contribution is 2.19. The molecule has 2 aromatic rings. The van der Waals surface area contributed by atoms with Crippen molar-refractivity contribution in [3.8, 4) is 5.69 Å². The molecule has 7 heteroatoms. The molecular formula is C11H13FN4OS. The van der Waals surface area contributed by atoms with Crippen LogP contribution in [0.4, 0.5) is 4.39 Å². The van der Waals surface area contributed by atoms with Gasteiger partial charge in [-0.2, -0.15) is 4.68 Å². The molecule has 5 nitrogen and oxygen atoms in total. The molecule has 1 atom stereocenters. The number of thioether (sulfide) groups is 1. The zero-order valence-corrected chi connectivity index (χ0v) is 10.6. The largest absolute Gasteiger partial charge is 0.392 e. The fraction of sp³-hybridized carbons (Fsp3) is 0.364. The Morgan fingerprint density at radius 3 is 3.06 bits per heavy atom. The van der Waals surface area contributed by atoms with Crippen molar-refractivity contribution in [3.63, 3.8) is 0 Å². The average molecular weight is 268 g/mol. The van der Waals surface area contributed by atoms with E-state index in [1.54, 1.807) is 12.1 Å². The van der Waals surface area contributed by atoms with E-state index >= 15 is 0 Å². The van der Waals surface area contributed by atoms with E-state index in [-0.39, 0.29) is 5.82 Å². The molecule has 1 N–H and O–H groups in total. The van der Waals surface area contributed by atoms with Crippen LogP contribution in [-0.4, -0.2) is 37.2 Å². The van der Waals surface area contributed by atoms with Gasteiger partial charge in [-0.3, -0.25) is 0 Å². The van der Waals surface area contributed by atoms with E-state index in [4.69, 9.17) is 0 Å². The predicted octanol–water partition coefficient (Wildman–Crippen LogP) is 1.66. The van der Waals surface area contributed by atoms with Crippen molar-refractivity contribution in [2.24, 2.45) is 0 Å². The highest BCUT2D eigenvalue weighted by molar-refractivity contribution is 7.99. The van der Waals surface area contributed by atoms with E-state index in [2.05, 4.69) is 15.5 Å². The van der Waals surface area contributed by atoms with E-state index in [0.29, 0.717) is 23.0 Å². The Morgan fingerprint density at radius 1 is 1.50 bits per heavy atom. The van der Waals surface area contributed by atoms with Gasteiger partial charge < -0.3 is 5.11 Å². The standard InChI is InChI=1S/C11H13FN4OS/c1-2-10(17)7-18-11-13-14-15-16(11)9-5-3-4-8(12)6-9/h3-6,10,17H,2,7H2,1H3/t10-/m1/s1. The van der Waals surface area contributed by atoms with E-state index in [0.717, 1.165) is 0 Å². The van der Waals surface area contributed by atoms with Gasteiger partial charge in [-0.05, 0) is 35.0 Å². The van der Waals surface area contributed by atoms with Crippen molar-refractivity contribution >= 4 is 11.8 Å². The molecule has 1 aromatic carbocycles. The Hall–Kier alpha value is -1.47. The van der Waals surface area contributed by atoms with Gasteiger partial charge in [0, 0.05) is 5.75 Å². The van der Waals surface area contributed by atoms with Crippen molar-refractivity contribution in [3.05, 3.63) is 30.1 Å². The molecule has 0 aliphatic heterocycles. The zero-order chi connectivity index (χ0) is 13.0. The minimum absolute atomic E-state index is 0.340. The first kappa shape index (κ1) is 13.0. The summed E-state index contributed by atoms with van der Waals surface area (Å²) < 4.78 is 14.6. The maximum atomic E-state index is 13.1. The van der Waals surface area contributed by atoms with E-state index in [1.807, 2.05) is 6.92 Å². The number of aliphatic hydroxyl groups is 1. The van der Waals surface area contributed by atoms with Gasteiger partial charge in [0.15, 0.2) is 0 Å². The molecule has 0 saturated heterocycles. The topological polar surface area (TPSA) is 63.8 Å². The second-order valence-electron chi connectivity index (χ2n) is 3.73. The lowest BCUT2D eigenvalue weighted by molar-refractivity contribution is 0.195. The molecule has 0 radical (unpaired) electrons. The number of halogens is 1. The monoisotopic (exact) mass is 268 g/mol. The molecule has 0 unspecified atom stereocenters. The fourth-order valence-corrected chi connectivity index (χ4v) is 2.26. The van der Waals surface area contributed by atoms with Crippen LogP contribution in [0.3, 0.4) is 0 Å². The van der Waals surface area contributed by atoms with Gasteiger partial charge in [-0.25, -0.2) is 4.39 Å². The number of hydrogen-bond acceptors (Lipinski definition) is 5. The number of rotatable bonds is 5. The van der Waals surface area contributed by atoms with Gasteiger partial charge in [0.25, 0.3) is 0 Å². The van der Waals surface area contributed by atoms with Crippen molar-refractivity contribution in [2.75, 3.05) is 5.75 Å². The second-order valence-corrected chi connectivity index (χ2v) is 4.71. The highest BCUT2D eigenvalue weighted by Gasteiger charge is 2.11. The van der Waals surface area contributed by atoms with Crippen molar-refractivity contribution in [1.29, 1.82) is 0 Å². The lowest BCUT2D eigenvalue weighted by Gasteiger charge is -2.07. The van der Waals surface area contributed by atoms with Crippen LogP contribution in [0.1, 0.15) is 13.3 Å². The first-order chi connectivity index (χ1) is 8.70. The van der Waals surface area contributed by atoms with Gasteiger partial charge in [-0.1, -0.05) is 24.8 Å². The molecule has 1 heterocycles. The van der Waals surface area contributed by atoms with Gasteiger partial charge in [0.05, 0.1) is 11.8 Å². The maximum absolute atomic E-state index is 13.1. The summed E-state index contributed by atoms with van der Waals surface area (Å²) in [6, 6.07) is 6.04. The Bertz CT molecular complexity index is 519. The molecular weight excluding hydrogens is 255 g/mol. The van der Waals surface area contributed by atoms with Crippen molar-refractivity contribution in [1.82, 2.24) is 20.2 Å². The predicted molar refractivity (Wildman–Crippen MR) is 66.1 cm³/mol. The van der Waals surface area contributed by atoms with Crippen LogP contribution >= 0.6 is 11.8 Å². The summed E-state index contributed by atoms with van der Waals surface area (Å²) in [6.45, 7) is 1.90. The Labute approximate surface area is 108 Å². The summed E-state index contributed by atoms with van der Waals surface area (Å²) >= 11 is 1.34. The number of aliphatic hydroxyl groups excluding tert-OH is 1. The molecule has 0 amide bonds. The fourth-order valence-electron chi connectivity index (χ4n) is 1.33. The zero-order valence-electron chi connectivity index (χ0n) is 9.82. The first-order valence-corrected chi connectivity index (χ1v) is 6.54. The summed E-state index contributed by atoms with van der Waals surface area (Å²) in [5.41, 5.74) is 0.563. The van der Waals surface area contributed by atoms with E-state index in [1.165, 1.54) is 28.6 Å². The number of nitrogens with zero attached hydrogens (tertiary/aromatic N) is 4. The molecule has 0 saturated carbocycles. The number of hydrogen-bond donors (Lipinski definition) is 1. The lowest BCUT2D eigenvalue weighted by atomic mass is 10.3. The Balaban J connectivity index is 2.17. The van der Waals surface area contributed by atoms with Crippen LogP contribution in [0, 0.1) is 5.82 Å². The normalized spacial score (nSPS) is 12.6. The molecule has 2 rings (SSSR count). The van der Waals surface area contributed by atoms with Crippen LogP contribution in [0.15, 0.2) is 29.4 Å². The summed E-state index contributed by atoms with van der Waals surface area (Å²) in [6.07, 6.45) is 0.279. The average Bonchev–Trinajstić information content (AvgIpc) is 2.84. The molecule has 0 spiro atoms. The Kier molecular flexibility index (Phi) is 4.27.